The molecule has 0 amide bonds. The van der Waals surface area contributed by atoms with Crippen LogP contribution in [0.2, 0.25) is 0 Å². The van der Waals surface area contributed by atoms with E-state index in [1.807, 2.05) is 0 Å². The third-order valence-electron chi connectivity index (χ3n) is 5.69. The molecule has 25 heavy (non-hydrogen) atoms. The second-order valence-corrected chi connectivity index (χ2v) is 8.33. The summed E-state index contributed by atoms with van der Waals surface area (Å²) < 4.78 is 1.10. The zero-order chi connectivity index (χ0) is 16.3. The maximum Gasteiger partial charge on any atom is 0.0728 e. The van der Waals surface area contributed by atoms with Gasteiger partial charge in [-0.25, -0.2) is 0 Å². The van der Waals surface area contributed by atoms with E-state index in [2.05, 4.69) is 45.1 Å². The number of aliphatic hydroxyl groups is 1. The van der Waals surface area contributed by atoms with Gasteiger partial charge in [0.15, 0.2) is 0 Å². The lowest BCUT2D eigenvalue weighted by Gasteiger charge is -2.43. The number of nitrogens with zero attached hydrogens (tertiary/aromatic N) is 1. The molecular weight excluding hydrogens is 423 g/mol. The fraction of sp³-hybridized carbons (Fsp3) is 0.684. The molecule has 0 bridgehead atoms. The maximum absolute atomic E-state index is 11.4. The average molecular weight is 454 g/mol. The van der Waals surface area contributed by atoms with Crippen molar-refractivity contribution in [2.75, 3.05) is 19.6 Å². The molecular formula is C19H31BrCl2N2O. The molecule has 0 spiro atoms. The van der Waals surface area contributed by atoms with Crippen molar-refractivity contribution in [2.24, 2.45) is 5.73 Å². The van der Waals surface area contributed by atoms with Crippen LogP contribution in [0.3, 0.4) is 0 Å². The van der Waals surface area contributed by atoms with Crippen molar-refractivity contribution in [3.63, 3.8) is 0 Å². The largest absolute Gasteiger partial charge is 0.389 e. The molecule has 3 rings (SSSR count). The zero-order valence-electron chi connectivity index (χ0n) is 14.7. The monoisotopic (exact) mass is 452 g/mol. The van der Waals surface area contributed by atoms with Crippen LogP contribution >= 0.6 is 40.7 Å². The minimum Gasteiger partial charge on any atom is -0.389 e. The number of benzene rings is 1. The van der Waals surface area contributed by atoms with Gasteiger partial charge in [0.05, 0.1) is 5.60 Å². The highest BCUT2D eigenvalue weighted by atomic mass is 79.9. The van der Waals surface area contributed by atoms with Crippen molar-refractivity contribution in [3.8, 4) is 0 Å². The van der Waals surface area contributed by atoms with Crippen molar-refractivity contribution < 1.29 is 5.11 Å². The van der Waals surface area contributed by atoms with E-state index < -0.39 is 5.60 Å². The summed E-state index contributed by atoms with van der Waals surface area (Å²) >= 11 is 3.59. The second-order valence-electron chi connectivity index (χ2n) is 7.41. The Kier molecular flexibility index (Phi) is 9.73. The lowest BCUT2D eigenvalue weighted by atomic mass is 9.72. The molecule has 1 aliphatic carbocycles. The van der Waals surface area contributed by atoms with Crippen molar-refractivity contribution in [1.82, 2.24) is 4.90 Å². The topological polar surface area (TPSA) is 49.5 Å². The first-order chi connectivity index (χ1) is 11.1. The van der Waals surface area contributed by atoms with Crippen LogP contribution in [-0.2, 0) is 0 Å². The van der Waals surface area contributed by atoms with Gasteiger partial charge in [0.2, 0.25) is 0 Å². The van der Waals surface area contributed by atoms with Gasteiger partial charge >= 0.3 is 0 Å². The van der Waals surface area contributed by atoms with Crippen LogP contribution in [0.5, 0.6) is 0 Å². The predicted octanol–water partition coefficient (Wildman–Crippen LogP) is 4.49. The van der Waals surface area contributed by atoms with Gasteiger partial charge in [0.25, 0.3) is 0 Å². The molecule has 2 fully saturated rings. The van der Waals surface area contributed by atoms with Crippen molar-refractivity contribution in [1.29, 1.82) is 0 Å². The summed E-state index contributed by atoms with van der Waals surface area (Å²) in [6.07, 6.45) is 7.55. The number of halogens is 3. The van der Waals surface area contributed by atoms with Gasteiger partial charge in [-0.05, 0) is 56.5 Å². The van der Waals surface area contributed by atoms with Crippen LogP contribution in [0.25, 0.3) is 0 Å². The quantitative estimate of drug-likeness (QED) is 0.705. The summed E-state index contributed by atoms with van der Waals surface area (Å²) in [6, 6.07) is 8.87. The average Bonchev–Trinajstić information content (AvgIpc) is 2.55. The van der Waals surface area contributed by atoms with Crippen molar-refractivity contribution >= 4 is 40.7 Å². The first-order valence-corrected chi connectivity index (χ1v) is 9.82. The molecule has 3 nitrogen and oxygen atoms in total. The van der Waals surface area contributed by atoms with E-state index in [-0.39, 0.29) is 30.7 Å². The minimum absolute atomic E-state index is 0. The Morgan fingerprint density at radius 3 is 2.40 bits per heavy atom. The maximum atomic E-state index is 11.4. The number of piperidine rings is 1. The van der Waals surface area contributed by atoms with Crippen LogP contribution in [0, 0.1) is 0 Å². The summed E-state index contributed by atoms with van der Waals surface area (Å²) in [5, 5.41) is 11.4. The Labute approximate surface area is 172 Å². The Morgan fingerprint density at radius 2 is 1.80 bits per heavy atom. The molecule has 0 radical (unpaired) electrons. The molecule has 1 atom stereocenters. The van der Waals surface area contributed by atoms with Gasteiger partial charge < -0.3 is 15.7 Å². The van der Waals surface area contributed by atoms with Crippen LogP contribution in [0.4, 0.5) is 0 Å². The molecule has 1 aliphatic heterocycles. The van der Waals surface area contributed by atoms with Gasteiger partial charge in [0.1, 0.15) is 0 Å². The lowest BCUT2D eigenvalue weighted by Crippen LogP contribution is -2.47. The highest BCUT2D eigenvalue weighted by molar-refractivity contribution is 9.10. The second kappa shape index (κ2) is 10.5. The van der Waals surface area contributed by atoms with E-state index in [9.17, 15) is 5.11 Å². The standard InChI is InChI=1S/C19H29BrN2O.2ClH/c20-16-6-4-5-15(13-16)18(19(23)9-2-1-3-10-19)14-22-11-7-17(21)8-12-22;;/h4-6,13,17-18,23H,1-3,7-12,14,21H2;2*1H. The summed E-state index contributed by atoms with van der Waals surface area (Å²) in [7, 11) is 0. The number of nitrogens with two attached hydrogens (primary N) is 1. The third kappa shape index (κ3) is 6.08. The normalized spacial score (nSPS) is 22.5. The fourth-order valence-corrected chi connectivity index (χ4v) is 4.63. The van der Waals surface area contributed by atoms with E-state index in [4.69, 9.17) is 5.73 Å². The first kappa shape index (κ1) is 23.2. The smallest absolute Gasteiger partial charge is 0.0728 e. The summed E-state index contributed by atoms with van der Waals surface area (Å²) in [5.41, 5.74) is 6.75. The van der Waals surface area contributed by atoms with Gasteiger partial charge in [-0.1, -0.05) is 47.3 Å². The molecule has 144 valence electrons. The van der Waals surface area contributed by atoms with Crippen LogP contribution in [0.1, 0.15) is 56.4 Å². The number of likely N-dealkylation sites (tertiary alicyclic amines) is 1. The van der Waals surface area contributed by atoms with Crippen LogP contribution in [0.15, 0.2) is 28.7 Å². The summed E-state index contributed by atoms with van der Waals surface area (Å²) in [5.74, 6) is 0.189. The molecule has 1 saturated heterocycles. The highest BCUT2D eigenvalue weighted by Gasteiger charge is 2.39. The van der Waals surface area contributed by atoms with Gasteiger partial charge in [-0.3, -0.25) is 0 Å². The van der Waals surface area contributed by atoms with E-state index in [0.29, 0.717) is 6.04 Å². The van der Waals surface area contributed by atoms with E-state index >= 15 is 0 Å². The molecule has 1 unspecified atom stereocenters. The molecule has 1 saturated carbocycles. The van der Waals surface area contributed by atoms with E-state index in [0.717, 1.165) is 62.6 Å². The van der Waals surface area contributed by atoms with Crippen LogP contribution in [-0.4, -0.2) is 41.3 Å². The first-order valence-electron chi connectivity index (χ1n) is 9.03. The third-order valence-corrected chi connectivity index (χ3v) is 6.19. The van der Waals surface area contributed by atoms with E-state index in [1.54, 1.807) is 0 Å². The lowest BCUT2D eigenvalue weighted by molar-refractivity contribution is -0.0324. The molecule has 1 aromatic rings. The van der Waals surface area contributed by atoms with Crippen molar-refractivity contribution in [3.05, 3.63) is 34.3 Å². The Balaban J connectivity index is 0.00000156. The Hall–Kier alpha value is 0.160. The molecule has 0 aromatic heterocycles. The van der Waals surface area contributed by atoms with Crippen molar-refractivity contribution in [2.45, 2.75) is 62.5 Å². The van der Waals surface area contributed by atoms with Gasteiger partial charge in [-0.2, -0.15) is 0 Å². The Morgan fingerprint density at radius 1 is 1.16 bits per heavy atom. The molecule has 2 aliphatic rings. The summed E-state index contributed by atoms with van der Waals surface area (Å²) in [6.45, 7) is 3.06. The predicted molar refractivity (Wildman–Crippen MR) is 113 cm³/mol. The number of hydrogen-bond donors (Lipinski definition) is 2. The minimum atomic E-state index is -0.557. The van der Waals surface area contributed by atoms with Gasteiger partial charge in [-0.15, -0.1) is 24.8 Å². The number of rotatable bonds is 4. The fourth-order valence-electron chi connectivity index (χ4n) is 4.22. The van der Waals surface area contributed by atoms with Gasteiger partial charge in [0, 0.05) is 23.0 Å². The molecule has 1 heterocycles. The summed E-state index contributed by atoms with van der Waals surface area (Å²) in [4.78, 5) is 2.50. The van der Waals surface area contributed by atoms with Crippen LogP contribution < -0.4 is 5.73 Å². The number of hydrogen-bond acceptors (Lipinski definition) is 3. The SMILES string of the molecule is Cl.Cl.NC1CCN(CC(c2cccc(Br)c2)C2(O)CCCCC2)CC1. The van der Waals surface area contributed by atoms with E-state index in [1.165, 1.54) is 12.0 Å². The Bertz CT molecular complexity index is 518. The molecule has 1 aromatic carbocycles. The molecule has 3 N–H and O–H groups in total. The zero-order valence-corrected chi connectivity index (χ0v) is 17.9. The molecule has 6 heteroatoms. The highest BCUT2D eigenvalue weighted by Crippen LogP contribution is 2.41.